The first-order valence-electron chi connectivity index (χ1n) is 10.8. The van der Waals surface area contributed by atoms with Crippen LogP contribution in [0.5, 0.6) is 5.75 Å². The lowest BCUT2D eigenvalue weighted by molar-refractivity contribution is -0.120. The molecule has 160 valence electrons. The van der Waals surface area contributed by atoms with Crippen molar-refractivity contribution in [2.24, 2.45) is 0 Å². The number of amides is 1. The molecule has 0 saturated carbocycles. The molecule has 0 bridgehead atoms. The van der Waals surface area contributed by atoms with E-state index in [0.717, 1.165) is 42.0 Å². The lowest BCUT2D eigenvalue weighted by Crippen LogP contribution is -2.23. The highest BCUT2D eigenvalue weighted by molar-refractivity contribution is 5.76. The van der Waals surface area contributed by atoms with Gasteiger partial charge >= 0.3 is 0 Å². The molecule has 2 aromatic carbocycles. The van der Waals surface area contributed by atoms with Crippen LogP contribution in [0.3, 0.4) is 0 Å². The maximum absolute atomic E-state index is 11.4. The second-order valence-electron chi connectivity index (χ2n) is 8.60. The van der Waals surface area contributed by atoms with Crippen molar-refractivity contribution >= 4 is 16.9 Å². The molecule has 5 nitrogen and oxygen atoms in total. The Labute approximate surface area is 179 Å². The van der Waals surface area contributed by atoms with Crippen LogP contribution in [-0.2, 0) is 23.2 Å². The van der Waals surface area contributed by atoms with Gasteiger partial charge in [-0.15, -0.1) is 0 Å². The van der Waals surface area contributed by atoms with Gasteiger partial charge in [-0.05, 0) is 41.7 Å². The molecule has 0 aliphatic rings. The standard InChI is InChI=1S/C25H33N3O2/c1-5-24(29)26-16-8-11-23-27-21-9-6-7-10-22(21)28(23)17-18-30-20-14-12-19(13-15-20)25(2,3)4/h6-7,9-10,12-15H,5,8,11,16-18H2,1-4H3,(H,26,29). The van der Waals surface area contributed by atoms with E-state index in [-0.39, 0.29) is 11.3 Å². The Morgan fingerprint density at radius 2 is 1.83 bits per heavy atom. The Balaban J connectivity index is 1.63. The molecule has 3 aromatic rings. The summed E-state index contributed by atoms with van der Waals surface area (Å²) in [7, 11) is 0. The molecule has 0 fully saturated rings. The van der Waals surface area contributed by atoms with Gasteiger partial charge in [0.1, 0.15) is 18.2 Å². The lowest BCUT2D eigenvalue weighted by Gasteiger charge is -2.19. The summed E-state index contributed by atoms with van der Waals surface area (Å²) in [6.07, 6.45) is 2.20. The van der Waals surface area contributed by atoms with Gasteiger partial charge in [0.05, 0.1) is 17.6 Å². The Kier molecular flexibility index (Phi) is 7.14. The largest absolute Gasteiger partial charge is 0.492 e. The molecule has 0 saturated heterocycles. The minimum absolute atomic E-state index is 0.0920. The molecule has 0 radical (unpaired) electrons. The first kappa shape index (κ1) is 21.9. The number of rotatable bonds is 9. The highest BCUT2D eigenvalue weighted by Gasteiger charge is 2.13. The van der Waals surface area contributed by atoms with Crippen molar-refractivity contribution in [3.8, 4) is 5.75 Å². The van der Waals surface area contributed by atoms with E-state index in [9.17, 15) is 4.79 Å². The monoisotopic (exact) mass is 407 g/mol. The van der Waals surface area contributed by atoms with Crippen LogP contribution in [0, 0.1) is 0 Å². The fourth-order valence-electron chi connectivity index (χ4n) is 3.47. The molecule has 5 heteroatoms. The van der Waals surface area contributed by atoms with Crippen LogP contribution >= 0.6 is 0 Å². The molecule has 1 N–H and O–H groups in total. The molecular weight excluding hydrogens is 374 g/mol. The Morgan fingerprint density at radius 3 is 2.53 bits per heavy atom. The van der Waals surface area contributed by atoms with Crippen molar-refractivity contribution in [3.05, 3.63) is 59.9 Å². The zero-order valence-corrected chi connectivity index (χ0v) is 18.6. The third kappa shape index (κ3) is 5.62. The number of aryl methyl sites for hydroxylation is 1. The quantitative estimate of drug-likeness (QED) is 0.515. The highest BCUT2D eigenvalue weighted by atomic mass is 16.5. The van der Waals surface area contributed by atoms with Gasteiger partial charge in [-0.25, -0.2) is 4.98 Å². The van der Waals surface area contributed by atoms with Crippen molar-refractivity contribution in [3.63, 3.8) is 0 Å². The molecular formula is C25H33N3O2. The predicted molar refractivity (Wildman–Crippen MR) is 122 cm³/mol. The number of aromatic nitrogens is 2. The SMILES string of the molecule is CCC(=O)NCCCc1nc2ccccc2n1CCOc1ccc(C(C)(C)C)cc1. The minimum atomic E-state index is 0.0920. The predicted octanol–water partition coefficient (Wildman–Crippen LogP) is 4.87. The topological polar surface area (TPSA) is 56.2 Å². The number of hydrogen-bond acceptors (Lipinski definition) is 3. The van der Waals surface area contributed by atoms with Crippen LogP contribution in [0.25, 0.3) is 11.0 Å². The summed E-state index contributed by atoms with van der Waals surface area (Å²) in [5.41, 5.74) is 3.56. The van der Waals surface area contributed by atoms with Crippen LogP contribution in [-0.4, -0.2) is 28.6 Å². The minimum Gasteiger partial charge on any atom is -0.492 e. The van der Waals surface area contributed by atoms with Crippen molar-refractivity contribution < 1.29 is 9.53 Å². The highest BCUT2D eigenvalue weighted by Crippen LogP contribution is 2.24. The molecule has 0 aliphatic heterocycles. The zero-order chi connectivity index (χ0) is 21.6. The number of hydrogen-bond donors (Lipinski definition) is 1. The number of ether oxygens (including phenoxy) is 1. The molecule has 1 heterocycles. The second-order valence-corrected chi connectivity index (χ2v) is 8.60. The zero-order valence-electron chi connectivity index (χ0n) is 18.6. The summed E-state index contributed by atoms with van der Waals surface area (Å²) >= 11 is 0. The second kappa shape index (κ2) is 9.79. The van der Waals surface area contributed by atoms with Gasteiger partial charge in [0, 0.05) is 19.4 Å². The van der Waals surface area contributed by atoms with E-state index in [0.29, 0.717) is 19.6 Å². The molecule has 30 heavy (non-hydrogen) atoms. The van der Waals surface area contributed by atoms with Crippen LogP contribution in [0.15, 0.2) is 48.5 Å². The maximum Gasteiger partial charge on any atom is 0.219 e. The first-order chi connectivity index (χ1) is 14.4. The fourth-order valence-corrected chi connectivity index (χ4v) is 3.47. The molecule has 0 atom stereocenters. The van der Waals surface area contributed by atoms with Crippen LogP contribution in [0.1, 0.15) is 51.9 Å². The van der Waals surface area contributed by atoms with Crippen LogP contribution < -0.4 is 10.1 Å². The Hall–Kier alpha value is -2.82. The number of para-hydroxylation sites is 2. The van der Waals surface area contributed by atoms with E-state index >= 15 is 0 Å². The molecule has 3 rings (SSSR count). The average molecular weight is 408 g/mol. The summed E-state index contributed by atoms with van der Waals surface area (Å²) in [6.45, 7) is 10.5. The number of nitrogens with zero attached hydrogens (tertiary/aromatic N) is 2. The normalized spacial score (nSPS) is 11.6. The van der Waals surface area contributed by atoms with E-state index < -0.39 is 0 Å². The van der Waals surface area contributed by atoms with Crippen molar-refractivity contribution in [1.82, 2.24) is 14.9 Å². The van der Waals surface area contributed by atoms with Gasteiger partial charge in [0.15, 0.2) is 0 Å². The fraction of sp³-hybridized carbons (Fsp3) is 0.440. The summed E-state index contributed by atoms with van der Waals surface area (Å²) in [5, 5.41) is 2.93. The third-order valence-electron chi connectivity index (χ3n) is 5.26. The Bertz CT molecular complexity index is 968. The first-order valence-corrected chi connectivity index (χ1v) is 10.8. The van der Waals surface area contributed by atoms with Crippen LogP contribution in [0.4, 0.5) is 0 Å². The van der Waals surface area contributed by atoms with Gasteiger partial charge in [0.25, 0.3) is 0 Å². The number of fused-ring (bicyclic) bond motifs is 1. The number of carbonyl (C=O) groups excluding carboxylic acids is 1. The van der Waals surface area contributed by atoms with Gasteiger partial charge < -0.3 is 14.6 Å². The maximum atomic E-state index is 11.4. The third-order valence-corrected chi connectivity index (χ3v) is 5.26. The summed E-state index contributed by atoms with van der Waals surface area (Å²) in [6, 6.07) is 16.6. The lowest BCUT2D eigenvalue weighted by atomic mass is 9.87. The van der Waals surface area contributed by atoms with E-state index in [1.54, 1.807) is 0 Å². The van der Waals surface area contributed by atoms with Gasteiger partial charge in [-0.3, -0.25) is 4.79 Å². The summed E-state index contributed by atoms with van der Waals surface area (Å²) < 4.78 is 8.25. The molecule has 0 spiro atoms. The molecule has 1 aromatic heterocycles. The number of imidazole rings is 1. The van der Waals surface area contributed by atoms with Gasteiger partial charge in [-0.2, -0.15) is 0 Å². The number of benzene rings is 2. The number of carbonyl (C=O) groups is 1. The Morgan fingerprint density at radius 1 is 1.10 bits per heavy atom. The van der Waals surface area contributed by atoms with Crippen molar-refractivity contribution in [2.45, 2.75) is 58.9 Å². The summed E-state index contributed by atoms with van der Waals surface area (Å²) in [4.78, 5) is 16.2. The van der Waals surface area contributed by atoms with Gasteiger partial charge in [-0.1, -0.05) is 52.0 Å². The summed E-state index contributed by atoms with van der Waals surface area (Å²) in [5.74, 6) is 2.01. The van der Waals surface area contributed by atoms with Crippen LogP contribution in [0.2, 0.25) is 0 Å². The van der Waals surface area contributed by atoms with Crippen molar-refractivity contribution in [1.29, 1.82) is 0 Å². The van der Waals surface area contributed by atoms with E-state index in [2.05, 4.69) is 48.9 Å². The molecule has 0 aliphatic carbocycles. The smallest absolute Gasteiger partial charge is 0.219 e. The molecule has 1 amide bonds. The van der Waals surface area contributed by atoms with Gasteiger partial charge in [0.2, 0.25) is 5.91 Å². The average Bonchev–Trinajstić information content (AvgIpc) is 3.08. The van der Waals surface area contributed by atoms with Crippen molar-refractivity contribution in [2.75, 3.05) is 13.2 Å². The number of nitrogens with one attached hydrogen (secondary N) is 1. The van der Waals surface area contributed by atoms with E-state index in [4.69, 9.17) is 9.72 Å². The molecule has 0 unspecified atom stereocenters. The van der Waals surface area contributed by atoms with E-state index in [1.165, 1.54) is 5.56 Å². The van der Waals surface area contributed by atoms with E-state index in [1.807, 2.05) is 37.3 Å².